The summed E-state index contributed by atoms with van der Waals surface area (Å²) < 4.78 is 14.0. The van der Waals surface area contributed by atoms with E-state index in [9.17, 15) is 14.0 Å². The number of hydrogen-bond acceptors (Lipinski definition) is 2. The molecule has 0 aliphatic heterocycles. The van der Waals surface area contributed by atoms with Crippen molar-refractivity contribution in [3.05, 3.63) is 89.2 Å². The van der Waals surface area contributed by atoms with Gasteiger partial charge >= 0.3 is 0 Å². The minimum atomic E-state index is -0.335. The minimum absolute atomic E-state index is 0.0991. The molecule has 7 heteroatoms. The molecule has 2 N–H and O–H groups in total. The smallest absolute Gasteiger partial charge is 0.244 e. The summed E-state index contributed by atoms with van der Waals surface area (Å²) in [7, 11) is 1.58. The van der Waals surface area contributed by atoms with Crippen molar-refractivity contribution in [1.82, 2.24) is 9.88 Å². The lowest BCUT2D eigenvalue weighted by molar-refractivity contribution is -0.133. The lowest BCUT2D eigenvalue weighted by atomic mass is 10.0. The molecule has 0 aliphatic rings. The van der Waals surface area contributed by atoms with E-state index < -0.39 is 0 Å². The van der Waals surface area contributed by atoms with E-state index in [1.54, 1.807) is 37.4 Å². The van der Waals surface area contributed by atoms with Crippen molar-refractivity contribution in [2.24, 2.45) is 0 Å². The number of nitrogens with zero attached hydrogens (tertiary/aromatic N) is 1. The number of nitrogens with one attached hydrogen (secondary N) is 2. The molecule has 3 aromatic carbocycles. The van der Waals surface area contributed by atoms with Crippen LogP contribution >= 0.6 is 11.6 Å². The van der Waals surface area contributed by atoms with Crippen LogP contribution in [0.5, 0.6) is 0 Å². The number of likely N-dealkylation sites (N-methyl/N-ethyl adjacent to an activating group) is 1. The fourth-order valence-corrected chi connectivity index (χ4v) is 3.99. The van der Waals surface area contributed by atoms with Gasteiger partial charge in [-0.3, -0.25) is 9.59 Å². The Labute approximate surface area is 196 Å². The predicted molar refractivity (Wildman–Crippen MR) is 130 cm³/mol. The van der Waals surface area contributed by atoms with Gasteiger partial charge in [-0.1, -0.05) is 54.1 Å². The molecule has 0 saturated heterocycles. The van der Waals surface area contributed by atoms with Crippen molar-refractivity contribution in [3.8, 4) is 11.3 Å². The highest BCUT2D eigenvalue weighted by molar-refractivity contribution is 6.33. The van der Waals surface area contributed by atoms with E-state index in [0.717, 1.165) is 27.7 Å². The summed E-state index contributed by atoms with van der Waals surface area (Å²) >= 11 is 6.07. The summed E-state index contributed by atoms with van der Waals surface area (Å²) in [5, 5.41) is 3.90. The number of halogens is 2. The lowest BCUT2D eigenvalue weighted by Gasteiger charge is -2.17. The zero-order valence-corrected chi connectivity index (χ0v) is 18.8. The summed E-state index contributed by atoms with van der Waals surface area (Å²) in [4.78, 5) is 29.9. The van der Waals surface area contributed by atoms with E-state index in [4.69, 9.17) is 11.6 Å². The first-order valence-corrected chi connectivity index (χ1v) is 10.9. The molecule has 0 radical (unpaired) electrons. The zero-order chi connectivity index (χ0) is 23.4. The van der Waals surface area contributed by atoms with Gasteiger partial charge in [-0.25, -0.2) is 4.39 Å². The average Bonchev–Trinajstić information content (AvgIpc) is 3.17. The minimum Gasteiger partial charge on any atom is -0.354 e. The number of fused-ring (bicyclic) bond motifs is 1. The molecule has 0 fully saturated rings. The highest BCUT2D eigenvalue weighted by Crippen LogP contribution is 2.32. The zero-order valence-electron chi connectivity index (χ0n) is 18.1. The van der Waals surface area contributed by atoms with E-state index in [1.165, 1.54) is 17.0 Å². The number of anilines is 1. The standard InChI is InChI=1S/C26H23ClFN3O2/c1-31(16-24(32)29-23-10-6-5-9-21(23)27)25(33)14-12-19-20-15-18(28)11-13-22(20)30-26(19)17-7-3-2-4-8-17/h2-11,13,15,30H,12,14,16H2,1H3,(H,29,32). The van der Waals surface area contributed by atoms with Crippen LogP contribution in [-0.4, -0.2) is 35.3 Å². The maximum absolute atomic E-state index is 14.0. The molecular formula is C26H23ClFN3O2. The number of aromatic amines is 1. The summed E-state index contributed by atoms with van der Waals surface area (Å²) in [5.74, 6) is -0.853. The Morgan fingerprint density at radius 2 is 1.76 bits per heavy atom. The van der Waals surface area contributed by atoms with Crippen molar-refractivity contribution >= 4 is 40.0 Å². The number of benzene rings is 3. The van der Waals surface area contributed by atoms with Gasteiger partial charge in [-0.15, -0.1) is 0 Å². The summed E-state index contributed by atoms with van der Waals surface area (Å²) in [6, 6.07) is 21.2. The van der Waals surface area contributed by atoms with Gasteiger partial charge in [0.05, 0.1) is 17.3 Å². The Morgan fingerprint density at radius 1 is 1.03 bits per heavy atom. The Hall–Kier alpha value is -3.64. The number of aryl methyl sites for hydroxylation is 1. The maximum atomic E-state index is 14.0. The molecule has 4 rings (SSSR count). The molecule has 33 heavy (non-hydrogen) atoms. The number of hydrogen-bond donors (Lipinski definition) is 2. The van der Waals surface area contributed by atoms with Crippen molar-refractivity contribution in [3.63, 3.8) is 0 Å². The van der Waals surface area contributed by atoms with E-state index >= 15 is 0 Å². The number of H-pyrrole nitrogens is 1. The second kappa shape index (κ2) is 9.88. The molecule has 1 aromatic heterocycles. The maximum Gasteiger partial charge on any atom is 0.244 e. The van der Waals surface area contributed by atoms with Gasteiger partial charge in [0.1, 0.15) is 5.82 Å². The SMILES string of the molecule is CN(CC(=O)Nc1ccccc1Cl)C(=O)CCc1c(-c2ccccc2)[nH]c2ccc(F)cc12. The number of rotatable bonds is 7. The quantitative estimate of drug-likeness (QED) is 0.371. The van der Waals surface area contributed by atoms with Crippen molar-refractivity contribution in [2.45, 2.75) is 12.8 Å². The van der Waals surface area contributed by atoms with Crippen LogP contribution in [0.1, 0.15) is 12.0 Å². The van der Waals surface area contributed by atoms with Gasteiger partial charge in [0.15, 0.2) is 0 Å². The molecule has 0 aliphatic carbocycles. The first-order valence-electron chi connectivity index (χ1n) is 10.6. The van der Waals surface area contributed by atoms with Gasteiger partial charge in [-0.05, 0) is 47.9 Å². The molecule has 0 unspecified atom stereocenters. The van der Waals surface area contributed by atoms with Gasteiger partial charge < -0.3 is 15.2 Å². The predicted octanol–water partition coefficient (Wildman–Crippen LogP) is 5.66. The normalized spacial score (nSPS) is 10.9. The van der Waals surface area contributed by atoms with Crippen LogP contribution in [0.2, 0.25) is 5.02 Å². The second-order valence-electron chi connectivity index (χ2n) is 7.81. The van der Waals surface area contributed by atoms with Crippen LogP contribution in [0.15, 0.2) is 72.8 Å². The molecule has 0 spiro atoms. The molecule has 1 heterocycles. The highest BCUT2D eigenvalue weighted by Gasteiger charge is 2.18. The van der Waals surface area contributed by atoms with Crippen LogP contribution in [0, 0.1) is 5.82 Å². The average molecular weight is 464 g/mol. The molecule has 0 atom stereocenters. The molecular weight excluding hydrogens is 441 g/mol. The first-order chi connectivity index (χ1) is 15.9. The Kier molecular flexibility index (Phi) is 6.75. The topological polar surface area (TPSA) is 65.2 Å². The number of aromatic nitrogens is 1. The van der Waals surface area contributed by atoms with Gasteiger partial charge in [0.2, 0.25) is 11.8 Å². The van der Waals surface area contributed by atoms with Crippen LogP contribution in [0.25, 0.3) is 22.2 Å². The van der Waals surface area contributed by atoms with Gasteiger partial charge in [-0.2, -0.15) is 0 Å². The van der Waals surface area contributed by atoms with Crippen molar-refractivity contribution < 1.29 is 14.0 Å². The van der Waals surface area contributed by atoms with Crippen LogP contribution in [0.3, 0.4) is 0 Å². The number of para-hydroxylation sites is 1. The molecule has 2 amide bonds. The first kappa shape index (κ1) is 22.6. The molecule has 0 bridgehead atoms. The fraction of sp³-hybridized carbons (Fsp3) is 0.154. The van der Waals surface area contributed by atoms with Gasteiger partial charge in [0, 0.05) is 30.1 Å². The van der Waals surface area contributed by atoms with Crippen molar-refractivity contribution in [2.75, 3.05) is 18.9 Å². The van der Waals surface area contributed by atoms with E-state index in [-0.39, 0.29) is 30.6 Å². The highest BCUT2D eigenvalue weighted by atomic mass is 35.5. The third-order valence-electron chi connectivity index (χ3n) is 5.47. The van der Waals surface area contributed by atoms with Crippen LogP contribution in [0.4, 0.5) is 10.1 Å². The Bertz CT molecular complexity index is 1300. The number of amides is 2. The van der Waals surface area contributed by atoms with Crippen LogP contribution < -0.4 is 5.32 Å². The van der Waals surface area contributed by atoms with Gasteiger partial charge in [0.25, 0.3) is 0 Å². The largest absolute Gasteiger partial charge is 0.354 e. The summed E-state index contributed by atoms with van der Waals surface area (Å²) in [6.07, 6.45) is 0.585. The third-order valence-corrected chi connectivity index (χ3v) is 5.80. The molecule has 5 nitrogen and oxygen atoms in total. The number of carbonyl (C=O) groups excluding carboxylic acids is 2. The molecule has 168 valence electrons. The Balaban J connectivity index is 1.47. The lowest BCUT2D eigenvalue weighted by Crippen LogP contribution is -2.35. The monoisotopic (exact) mass is 463 g/mol. The number of carbonyl (C=O) groups is 2. The third kappa shape index (κ3) is 5.23. The Morgan fingerprint density at radius 3 is 2.52 bits per heavy atom. The van der Waals surface area contributed by atoms with E-state index in [1.807, 2.05) is 30.3 Å². The summed E-state index contributed by atoms with van der Waals surface area (Å²) in [6.45, 7) is -0.0991. The summed E-state index contributed by atoms with van der Waals surface area (Å²) in [5.41, 5.74) is 4.01. The van der Waals surface area contributed by atoms with E-state index in [0.29, 0.717) is 17.1 Å². The van der Waals surface area contributed by atoms with Crippen LogP contribution in [-0.2, 0) is 16.0 Å². The molecule has 0 saturated carbocycles. The van der Waals surface area contributed by atoms with E-state index in [2.05, 4.69) is 10.3 Å². The second-order valence-corrected chi connectivity index (χ2v) is 8.22. The fourth-order valence-electron chi connectivity index (χ4n) is 3.81. The molecule has 4 aromatic rings. The van der Waals surface area contributed by atoms with Crippen molar-refractivity contribution in [1.29, 1.82) is 0 Å².